The zero-order valence-corrected chi connectivity index (χ0v) is 9.27. The van der Waals surface area contributed by atoms with Crippen LogP contribution in [0.15, 0.2) is 12.1 Å². The lowest BCUT2D eigenvalue weighted by atomic mass is 10.0. The normalized spacial score (nSPS) is 10.0. The van der Waals surface area contributed by atoms with Crippen LogP contribution in [-0.4, -0.2) is 5.91 Å². The monoisotopic (exact) mass is 191 g/mol. The summed E-state index contributed by atoms with van der Waals surface area (Å²) in [7, 11) is 0. The Morgan fingerprint density at radius 3 is 2.50 bits per heavy atom. The first-order valence-corrected chi connectivity index (χ1v) is 4.93. The van der Waals surface area contributed by atoms with Gasteiger partial charge >= 0.3 is 0 Å². The summed E-state index contributed by atoms with van der Waals surface area (Å²) < 4.78 is 0. The van der Waals surface area contributed by atoms with Crippen LogP contribution in [0.2, 0.25) is 0 Å². The maximum absolute atomic E-state index is 11.0. The van der Waals surface area contributed by atoms with Crippen LogP contribution in [0.5, 0.6) is 0 Å². The van der Waals surface area contributed by atoms with E-state index in [2.05, 4.69) is 31.3 Å². The first kappa shape index (κ1) is 10.8. The summed E-state index contributed by atoms with van der Waals surface area (Å²) >= 11 is 0. The number of amides is 1. The SMILES string of the molecule is CCc1ccc(C)c(NC(C)=O)c1C. The second-order valence-corrected chi connectivity index (χ2v) is 3.58. The van der Waals surface area contributed by atoms with Crippen LogP contribution in [-0.2, 0) is 11.2 Å². The van der Waals surface area contributed by atoms with Gasteiger partial charge in [0, 0.05) is 12.6 Å². The van der Waals surface area contributed by atoms with Gasteiger partial charge in [0.2, 0.25) is 5.91 Å². The van der Waals surface area contributed by atoms with Gasteiger partial charge in [-0.1, -0.05) is 19.1 Å². The van der Waals surface area contributed by atoms with E-state index in [-0.39, 0.29) is 5.91 Å². The Kier molecular flexibility index (Phi) is 3.28. The number of anilines is 1. The molecule has 1 amide bonds. The molecule has 1 rings (SSSR count). The number of rotatable bonds is 2. The number of nitrogens with one attached hydrogen (secondary N) is 1. The smallest absolute Gasteiger partial charge is 0.221 e. The molecular formula is C12H17NO. The number of benzene rings is 1. The molecule has 0 fully saturated rings. The third-order valence-electron chi connectivity index (χ3n) is 2.47. The summed E-state index contributed by atoms with van der Waals surface area (Å²) in [5.74, 6) is -0.00977. The Labute approximate surface area is 85.3 Å². The maximum atomic E-state index is 11.0. The van der Waals surface area contributed by atoms with Gasteiger partial charge in [-0.2, -0.15) is 0 Å². The molecule has 1 aromatic carbocycles. The van der Waals surface area contributed by atoms with Gasteiger partial charge in [-0.15, -0.1) is 0 Å². The van der Waals surface area contributed by atoms with Gasteiger partial charge in [0.05, 0.1) is 0 Å². The minimum atomic E-state index is -0.00977. The van der Waals surface area contributed by atoms with E-state index < -0.39 is 0 Å². The third kappa shape index (κ3) is 2.13. The molecule has 0 aliphatic rings. The molecule has 76 valence electrons. The molecular weight excluding hydrogens is 174 g/mol. The number of hydrogen-bond acceptors (Lipinski definition) is 1. The second kappa shape index (κ2) is 4.27. The summed E-state index contributed by atoms with van der Waals surface area (Å²) in [6.45, 7) is 7.72. The molecule has 2 heteroatoms. The fourth-order valence-corrected chi connectivity index (χ4v) is 1.64. The molecule has 2 nitrogen and oxygen atoms in total. The lowest BCUT2D eigenvalue weighted by molar-refractivity contribution is -0.114. The van der Waals surface area contributed by atoms with Crippen LogP contribution in [0.3, 0.4) is 0 Å². The van der Waals surface area contributed by atoms with E-state index in [9.17, 15) is 4.79 Å². The van der Waals surface area contributed by atoms with Crippen LogP contribution >= 0.6 is 0 Å². The second-order valence-electron chi connectivity index (χ2n) is 3.58. The van der Waals surface area contributed by atoms with Gasteiger partial charge in [-0.3, -0.25) is 4.79 Å². The highest BCUT2D eigenvalue weighted by molar-refractivity contribution is 5.90. The fourth-order valence-electron chi connectivity index (χ4n) is 1.64. The van der Waals surface area contributed by atoms with E-state index in [0.717, 1.165) is 17.7 Å². The standard InChI is InChI=1S/C12H17NO/c1-5-11-7-6-8(2)12(9(11)3)13-10(4)14/h6-7H,5H2,1-4H3,(H,13,14). The van der Waals surface area contributed by atoms with Crippen molar-refractivity contribution in [2.75, 3.05) is 5.32 Å². The predicted octanol–water partition coefficient (Wildman–Crippen LogP) is 2.82. The highest BCUT2D eigenvalue weighted by Gasteiger charge is 2.06. The topological polar surface area (TPSA) is 29.1 Å². The van der Waals surface area contributed by atoms with Crippen molar-refractivity contribution < 1.29 is 4.79 Å². The lowest BCUT2D eigenvalue weighted by Gasteiger charge is -2.13. The lowest BCUT2D eigenvalue weighted by Crippen LogP contribution is -2.09. The van der Waals surface area contributed by atoms with E-state index in [0.29, 0.717) is 0 Å². The van der Waals surface area contributed by atoms with Crippen molar-refractivity contribution in [2.45, 2.75) is 34.1 Å². The van der Waals surface area contributed by atoms with Crippen LogP contribution in [0, 0.1) is 13.8 Å². The molecule has 0 aliphatic heterocycles. The number of hydrogen-bond donors (Lipinski definition) is 1. The molecule has 0 spiro atoms. The van der Waals surface area contributed by atoms with Crippen molar-refractivity contribution in [3.63, 3.8) is 0 Å². The molecule has 0 unspecified atom stereocenters. The van der Waals surface area contributed by atoms with E-state index in [1.54, 1.807) is 0 Å². The first-order chi connectivity index (χ1) is 6.56. The molecule has 0 saturated heterocycles. The molecule has 0 aliphatic carbocycles. The molecule has 0 heterocycles. The number of aryl methyl sites for hydroxylation is 2. The highest BCUT2D eigenvalue weighted by Crippen LogP contribution is 2.23. The largest absolute Gasteiger partial charge is 0.326 e. The molecule has 0 atom stereocenters. The van der Waals surface area contributed by atoms with Crippen LogP contribution in [0.25, 0.3) is 0 Å². The molecule has 14 heavy (non-hydrogen) atoms. The van der Waals surface area contributed by atoms with Crippen molar-refractivity contribution in [3.05, 3.63) is 28.8 Å². The summed E-state index contributed by atoms with van der Waals surface area (Å²) in [5, 5.41) is 2.88. The molecule has 0 radical (unpaired) electrons. The number of carbonyl (C=O) groups is 1. The van der Waals surface area contributed by atoms with Gasteiger partial charge in [-0.25, -0.2) is 0 Å². The average Bonchev–Trinajstić information content (AvgIpc) is 2.12. The number of carbonyl (C=O) groups excluding carboxylic acids is 1. The first-order valence-electron chi connectivity index (χ1n) is 4.93. The average molecular weight is 191 g/mol. The predicted molar refractivity (Wildman–Crippen MR) is 59.6 cm³/mol. The zero-order chi connectivity index (χ0) is 10.7. The van der Waals surface area contributed by atoms with Gasteiger partial charge in [-0.05, 0) is 37.0 Å². The summed E-state index contributed by atoms with van der Waals surface area (Å²) in [5.41, 5.74) is 4.56. The van der Waals surface area contributed by atoms with Crippen molar-refractivity contribution in [2.24, 2.45) is 0 Å². The maximum Gasteiger partial charge on any atom is 0.221 e. The molecule has 0 saturated carbocycles. The van der Waals surface area contributed by atoms with E-state index in [4.69, 9.17) is 0 Å². The van der Waals surface area contributed by atoms with Gasteiger partial charge in [0.15, 0.2) is 0 Å². The van der Waals surface area contributed by atoms with Gasteiger partial charge in [0.1, 0.15) is 0 Å². The Bertz CT molecular complexity index is 356. The van der Waals surface area contributed by atoms with Crippen molar-refractivity contribution in [1.82, 2.24) is 0 Å². The van der Waals surface area contributed by atoms with E-state index >= 15 is 0 Å². The van der Waals surface area contributed by atoms with Crippen molar-refractivity contribution in [1.29, 1.82) is 0 Å². The Balaban J connectivity index is 3.18. The van der Waals surface area contributed by atoms with Crippen LogP contribution in [0.1, 0.15) is 30.5 Å². The van der Waals surface area contributed by atoms with E-state index in [1.165, 1.54) is 18.1 Å². The van der Waals surface area contributed by atoms with E-state index in [1.807, 2.05) is 6.92 Å². The quantitative estimate of drug-likeness (QED) is 0.765. The minimum Gasteiger partial charge on any atom is -0.326 e. The van der Waals surface area contributed by atoms with Crippen molar-refractivity contribution >= 4 is 11.6 Å². The molecule has 1 aromatic rings. The Morgan fingerprint density at radius 2 is 2.00 bits per heavy atom. The fraction of sp³-hybridized carbons (Fsp3) is 0.417. The minimum absolute atomic E-state index is 0.00977. The Morgan fingerprint density at radius 1 is 1.36 bits per heavy atom. The molecule has 1 N–H and O–H groups in total. The summed E-state index contributed by atoms with van der Waals surface area (Å²) in [6.07, 6.45) is 0.999. The van der Waals surface area contributed by atoms with Crippen LogP contribution < -0.4 is 5.32 Å². The summed E-state index contributed by atoms with van der Waals surface area (Å²) in [4.78, 5) is 11.0. The Hall–Kier alpha value is -1.31. The van der Waals surface area contributed by atoms with Crippen LogP contribution in [0.4, 0.5) is 5.69 Å². The highest BCUT2D eigenvalue weighted by atomic mass is 16.1. The van der Waals surface area contributed by atoms with Gasteiger partial charge in [0.25, 0.3) is 0 Å². The summed E-state index contributed by atoms with van der Waals surface area (Å²) in [6, 6.07) is 4.17. The zero-order valence-electron chi connectivity index (χ0n) is 9.27. The molecule has 0 aromatic heterocycles. The third-order valence-corrected chi connectivity index (χ3v) is 2.47. The van der Waals surface area contributed by atoms with Crippen molar-refractivity contribution in [3.8, 4) is 0 Å². The van der Waals surface area contributed by atoms with Gasteiger partial charge < -0.3 is 5.32 Å². The molecule has 0 bridgehead atoms.